The Kier molecular flexibility index (Phi) is 2.83. The summed E-state index contributed by atoms with van der Waals surface area (Å²) in [5.74, 6) is 0.821. The predicted molar refractivity (Wildman–Crippen MR) is 56.0 cm³/mol. The lowest BCUT2D eigenvalue weighted by atomic mass is 10.6. The minimum absolute atomic E-state index is 0.112. The van der Waals surface area contributed by atoms with Crippen LogP contribution in [0.2, 0.25) is 19.6 Å². The summed E-state index contributed by atoms with van der Waals surface area (Å²) >= 11 is 0. The van der Waals surface area contributed by atoms with Crippen LogP contribution >= 0.6 is 10.6 Å². The largest absolute Gasteiger partial charge is 0.796 e. The van der Waals surface area contributed by atoms with E-state index >= 15 is 0 Å². The molecule has 0 aromatic heterocycles. The van der Waals surface area contributed by atoms with Gasteiger partial charge in [0.2, 0.25) is 0 Å². The summed E-state index contributed by atoms with van der Waals surface area (Å²) < 4.78 is 28.8. The van der Waals surface area contributed by atoms with Gasteiger partial charge in [-0.15, -0.1) is 0 Å². The first-order chi connectivity index (χ1) is 5.79. The zero-order chi connectivity index (χ0) is 10.3. The molecule has 1 aliphatic heterocycles. The summed E-state index contributed by atoms with van der Waals surface area (Å²) in [4.78, 5) is 0. The van der Waals surface area contributed by atoms with E-state index in [2.05, 4.69) is 0 Å². The molecule has 5 heteroatoms. The van der Waals surface area contributed by atoms with Crippen LogP contribution in [0.5, 0.6) is 0 Å². The molecule has 0 saturated carbocycles. The number of hydrogen-bond donors (Lipinski definition) is 0. The average Bonchev–Trinajstić information content (AvgIpc) is 1.80. The van der Waals surface area contributed by atoms with E-state index in [1.54, 1.807) is 0 Å². The molecule has 0 atom stereocenters. The maximum atomic E-state index is 11.4. The van der Waals surface area contributed by atoms with Gasteiger partial charge in [-0.1, -0.05) is 19.6 Å². The highest BCUT2D eigenvalue weighted by Gasteiger charge is 2.33. The summed E-state index contributed by atoms with van der Waals surface area (Å²) in [6, 6.07) is 0. The summed E-state index contributed by atoms with van der Waals surface area (Å²) in [6.07, 6.45) is 0. The Morgan fingerprint density at radius 1 is 1.38 bits per heavy atom. The van der Waals surface area contributed by atoms with Gasteiger partial charge >= 0.3 is 0 Å². The van der Waals surface area contributed by atoms with Crippen LogP contribution in [0.3, 0.4) is 0 Å². The molecule has 3 nitrogen and oxygen atoms in total. The van der Waals surface area contributed by atoms with E-state index in [0.717, 1.165) is 0 Å². The van der Waals surface area contributed by atoms with E-state index in [4.69, 9.17) is 4.74 Å². The topological polar surface area (TPSA) is 55.3 Å². The van der Waals surface area contributed by atoms with Crippen molar-refractivity contribution >= 4 is 18.7 Å². The zero-order valence-electron chi connectivity index (χ0n) is 8.55. The van der Waals surface area contributed by atoms with Crippen LogP contribution in [-0.4, -0.2) is 29.5 Å². The molecule has 1 rings (SSSR count). The molecule has 0 N–H and O–H groups in total. The molecule has 0 aliphatic carbocycles. The third-order valence-corrected chi connectivity index (χ3v) is 7.79. The van der Waals surface area contributed by atoms with Crippen molar-refractivity contribution in [1.82, 2.24) is 0 Å². The van der Waals surface area contributed by atoms with Gasteiger partial charge in [-0.2, -0.15) is 0 Å². The lowest BCUT2D eigenvalue weighted by Crippen LogP contribution is -2.38. The van der Waals surface area contributed by atoms with Gasteiger partial charge in [-0.25, -0.2) is 0 Å². The molecule has 0 bridgehead atoms. The lowest BCUT2D eigenvalue weighted by molar-refractivity contribution is 0.224. The van der Waals surface area contributed by atoms with Crippen molar-refractivity contribution in [2.24, 2.45) is 0 Å². The fourth-order valence-corrected chi connectivity index (χ4v) is 7.59. The predicted octanol–water partition coefficient (Wildman–Crippen LogP) is 2.19. The van der Waals surface area contributed by atoms with Gasteiger partial charge in [0.25, 0.3) is 0 Å². The molecule has 0 radical (unpaired) electrons. The van der Waals surface area contributed by atoms with Crippen molar-refractivity contribution in [3.8, 4) is 0 Å². The minimum atomic E-state index is -2.93. The van der Waals surface area contributed by atoms with E-state index in [9.17, 15) is 9.11 Å². The summed E-state index contributed by atoms with van der Waals surface area (Å²) in [5, 5.41) is 0. The molecule has 78 valence electrons. The Labute approximate surface area is 82.2 Å². The maximum Gasteiger partial charge on any atom is 0.118 e. The van der Waals surface area contributed by atoms with Gasteiger partial charge in [0.15, 0.2) is 0 Å². The second-order valence-corrected chi connectivity index (χ2v) is 11.5. The SMILES string of the molecule is CCOC1=C([Si](C)(C)C)S([O-])([O-])C1. The minimum Gasteiger partial charge on any atom is -0.796 e. The molecule has 0 aromatic carbocycles. The third-order valence-electron chi connectivity index (χ3n) is 1.89. The second kappa shape index (κ2) is 3.31. The van der Waals surface area contributed by atoms with Gasteiger partial charge in [-0.3, -0.25) is 0 Å². The Bertz CT molecular complexity index is 242. The molecule has 0 unspecified atom stereocenters. The monoisotopic (exact) mass is 220 g/mol. The summed E-state index contributed by atoms with van der Waals surface area (Å²) in [6.45, 7) is 8.51. The van der Waals surface area contributed by atoms with Crippen LogP contribution in [0, 0.1) is 0 Å². The number of hydrogen-bond acceptors (Lipinski definition) is 3. The standard InChI is InChI=1S/C8H18O3SSi/c1-5-11-7-6-12(9,10)8(7)13(2,3)4/h9-10H,5-6H2,1-4H3/p-2. The molecule has 0 aromatic rings. The van der Waals surface area contributed by atoms with E-state index < -0.39 is 18.7 Å². The Morgan fingerprint density at radius 3 is 2.23 bits per heavy atom. The molecule has 1 heterocycles. The first-order valence-corrected chi connectivity index (χ1v) is 9.53. The molecule has 0 saturated heterocycles. The average molecular weight is 220 g/mol. The Balaban J connectivity index is 2.92. The van der Waals surface area contributed by atoms with Crippen molar-refractivity contribution in [3.05, 3.63) is 10.3 Å². The zero-order valence-corrected chi connectivity index (χ0v) is 10.4. The van der Waals surface area contributed by atoms with Crippen molar-refractivity contribution in [2.45, 2.75) is 26.6 Å². The van der Waals surface area contributed by atoms with Crippen LogP contribution < -0.4 is 0 Å². The van der Waals surface area contributed by atoms with Crippen LogP contribution in [0.25, 0.3) is 0 Å². The van der Waals surface area contributed by atoms with Crippen LogP contribution in [0.15, 0.2) is 10.3 Å². The molecule has 13 heavy (non-hydrogen) atoms. The van der Waals surface area contributed by atoms with E-state index in [0.29, 0.717) is 16.9 Å². The number of ether oxygens (including phenoxy) is 1. The van der Waals surface area contributed by atoms with Gasteiger partial charge in [0.05, 0.1) is 14.7 Å². The Morgan fingerprint density at radius 2 is 1.92 bits per heavy atom. The van der Waals surface area contributed by atoms with Crippen molar-refractivity contribution < 1.29 is 13.8 Å². The third kappa shape index (κ3) is 2.09. The first-order valence-electron chi connectivity index (χ1n) is 4.38. The van der Waals surface area contributed by atoms with E-state index in [1.807, 2.05) is 26.6 Å². The van der Waals surface area contributed by atoms with Crippen LogP contribution in [0.4, 0.5) is 0 Å². The molecular formula is C8H16O3SSi-2. The van der Waals surface area contributed by atoms with Gasteiger partial charge < -0.3 is 24.4 Å². The number of sulfone groups is 1. The summed E-state index contributed by atoms with van der Waals surface area (Å²) in [5.41, 5.74) is 0. The maximum absolute atomic E-state index is 11.4. The van der Waals surface area contributed by atoms with Gasteiger partial charge in [-0.05, 0) is 11.5 Å². The fourth-order valence-electron chi connectivity index (χ4n) is 1.57. The highest BCUT2D eigenvalue weighted by Crippen LogP contribution is 2.61. The van der Waals surface area contributed by atoms with Crippen molar-refractivity contribution in [2.75, 3.05) is 12.4 Å². The lowest BCUT2D eigenvalue weighted by Gasteiger charge is -2.70. The van der Waals surface area contributed by atoms with Crippen molar-refractivity contribution in [3.63, 3.8) is 0 Å². The van der Waals surface area contributed by atoms with Crippen LogP contribution in [-0.2, 0) is 4.74 Å². The molecule has 0 spiro atoms. The molecule has 1 aliphatic rings. The second-order valence-electron chi connectivity index (χ2n) is 4.19. The van der Waals surface area contributed by atoms with Crippen molar-refractivity contribution in [1.29, 1.82) is 0 Å². The van der Waals surface area contributed by atoms with Crippen LogP contribution in [0.1, 0.15) is 6.92 Å². The molecular weight excluding hydrogens is 204 g/mol. The van der Waals surface area contributed by atoms with Gasteiger partial charge in [0.1, 0.15) is 5.76 Å². The highest BCUT2D eigenvalue weighted by atomic mass is 32.3. The Hall–Kier alpha value is 0.0269. The smallest absolute Gasteiger partial charge is 0.118 e. The molecule has 0 amide bonds. The summed E-state index contributed by atoms with van der Waals surface area (Å²) in [7, 11) is -4.68. The molecule has 0 fully saturated rings. The number of rotatable bonds is 3. The normalized spacial score (nSPS) is 23.8. The highest BCUT2D eigenvalue weighted by molar-refractivity contribution is 8.30. The first kappa shape index (κ1) is 11.1. The van der Waals surface area contributed by atoms with E-state index in [-0.39, 0.29) is 5.75 Å². The van der Waals surface area contributed by atoms with E-state index in [1.165, 1.54) is 0 Å². The van der Waals surface area contributed by atoms with Gasteiger partial charge in [0, 0.05) is 5.75 Å². The fraction of sp³-hybridized carbons (Fsp3) is 0.750. The quantitative estimate of drug-likeness (QED) is 0.685.